The van der Waals surface area contributed by atoms with Crippen LogP contribution in [0.25, 0.3) is 10.6 Å². The lowest BCUT2D eigenvalue weighted by Crippen LogP contribution is -2.46. The van der Waals surface area contributed by atoms with Gasteiger partial charge in [-0.3, -0.25) is 4.79 Å². The number of amides is 1. The highest BCUT2D eigenvalue weighted by Crippen LogP contribution is 2.26. The van der Waals surface area contributed by atoms with Crippen molar-refractivity contribution in [2.45, 2.75) is 31.8 Å². The zero-order chi connectivity index (χ0) is 15.5. The molecule has 2 unspecified atom stereocenters. The zero-order valence-electron chi connectivity index (χ0n) is 13.1. The molecule has 2 atom stereocenters. The highest BCUT2D eigenvalue weighted by atomic mass is 35.5. The Labute approximate surface area is 157 Å². The molecule has 1 saturated heterocycles. The second-order valence-corrected chi connectivity index (χ2v) is 6.43. The Balaban J connectivity index is 0.00000144. The minimum absolute atomic E-state index is 0. The maximum absolute atomic E-state index is 13.8. The summed E-state index contributed by atoms with van der Waals surface area (Å²) in [6.45, 7) is 3.01. The molecule has 1 aromatic heterocycles. The zero-order valence-corrected chi connectivity index (χ0v) is 15.6. The second kappa shape index (κ2) is 9.32. The van der Waals surface area contributed by atoms with Gasteiger partial charge in [0.05, 0.1) is 0 Å². The third-order valence-corrected chi connectivity index (χ3v) is 4.68. The molecule has 0 saturated carbocycles. The molecular weight excluding hydrogens is 372 g/mol. The summed E-state index contributed by atoms with van der Waals surface area (Å²) in [5.74, 6) is -0.506. The van der Waals surface area contributed by atoms with Gasteiger partial charge in [0.25, 0.3) is 5.91 Å². The van der Waals surface area contributed by atoms with Crippen LogP contribution in [0.1, 0.15) is 30.3 Å². The lowest BCUT2D eigenvalue weighted by molar-refractivity contribution is 0.0921. The number of nitrogens with zero attached hydrogens (tertiary/aromatic N) is 1. The summed E-state index contributed by atoms with van der Waals surface area (Å²) < 4.78 is 13.8. The van der Waals surface area contributed by atoms with Crippen molar-refractivity contribution >= 4 is 42.1 Å². The summed E-state index contributed by atoms with van der Waals surface area (Å²) in [5.41, 5.74) is 0.788. The van der Waals surface area contributed by atoms with Gasteiger partial charge >= 0.3 is 0 Å². The van der Waals surface area contributed by atoms with Crippen molar-refractivity contribution in [1.29, 1.82) is 0 Å². The van der Waals surface area contributed by atoms with Crippen LogP contribution in [-0.4, -0.2) is 29.5 Å². The molecule has 1 aromatic carbocycles. The first kappa shape index (κ1) is 20.8. The van der Waals surface area contributed by atoms with E-state index >= 15 is 0 Å². The van der Waals surface area contributed by atoms with Crippen molar-refractivity contribution in [2.75, 3.05) is 6.54 Å². The molecule has 0 bridgehead atoms. The summed E-state index contributed by atoms with van der Waals surface area (Å²) in [6.07, 6.45) is 1.83. The topological polar surface area (TPSA) is 54.0 Å². The molecule has 2 aromatic rings. The van der Waals surface area contributed by atoms with E-state index in [4.69, 9.17) is 0 Å². The van der Waals surface area contributed by atoms with E-state index in [2.05, 4.69) is 22.5 Å². The Kier molecular flexibility index (Phi) is 8.09. The molecule has 0 spiro atoms. The van der Waals surface area contributed by atoms with Crippen molar-refractivity contribution < 1.29 is 9.18 Å². The smallest absolute Gasteiger partial charge is 0.270 e. The summed E-state index contributed by atoms with van der Waals surface area (Å²) in [5, 5.41) is 8.58. The van der Waals surface area contributed by atoms with E-state index < -0.39 is 0 Å². The van der Waals surface area contributed by atoms with Crippen molar-refractivity contribution in [3.63, 3.8) is 0 Å². The van der Waals surface area contributed by atoms with E-state index in [1.165, 1.54) is 17.4 Å². The highest BCUT2D eigenvalue weighted by Gasteiger charge is 2.22. The number of carbonyl (C=O) groups excluding carboxylic acids is 1. The predicted molar refractivity (Wildman–Crippen MR) is 100.0 cm³/mol. The number of halogens is 3. The fourth-order valence-electron chi connectivity index (χ4n) is 2.66. The van der Waals surface area contributed by atoms with Crippen molar-refractivity contribution in [1.82, 2.24) is 15.6 Å². The fraction of sp³-hybridized carbons (Fsp3) is 0.375. The van der Waals surface area contributed by atoms with Crippen LogP contribution in [0.5, 0.6) is 0 Å². The molecule has 1 fully saturated rings. The van der Waals surface area contributed by atoms with Gasteiger partial charge in [0.1, 0.15) is 16.5 Å². The summed E-state index contributed by atoms with van der Waals surface area (Å²) in [6, 6.07) is 7.04. The van der Waals surface area contributed by atoms with Crippen LogP contribution in [0.4, 0.5) is 4.39 Å². The quantitative estimate of drug-likeness (QED) is 0.838. The average molecular weight is 392 g/mol. The van der Waals surface area contributed by atoms with Crippen LogP contribution in [0, 0.1) is 5.82 Å². The number of thiazole rings is 1. The third-order valence-electron chi connectivity index (χ3n) is 3.80. The van der Waals surface area contributed by atoms with Gasteiger partial charge in [0.15, 0.2) is 0 Å². The van der Waals surface area contributed by atoms with Crippen molar-refractivity contribution in [3.05, 3.63) is 41.2 Å². The first-order valence-corrected chi connectivity index (χ1v) is 8.26. The Morgan fingerprint density at radius 2 is 2.12 bits per heavy atom. The van der Waals surface area contributed by atoms with Crippen LogP contribution in [-0.2, 0) is 0 Å². The van der Waals surface area contributed by atoms with E-state index in [1.807, 2.05) is 0 Å². The molecule has 2 heterocycles. The van der Waals surface area contributed by atoms with Gasteiger partial charge in [0, 0.05) is 23.0 Å². The van der Waals surface area contributed by atoms with Crippen LogP contribution >= 0.6 is 36.2 Å². The lowest BCUT2D eigenvalue weighted by atomic mass is 10.0. The minimum atomic E-state index is -0.323. The second-order valence-electron chi connectivity index (χ2n) is 5.57. The molecule has 0 aliphatic carbocycles. The molecule has 24 heavy (non-hydrogen) atoms. The maximum Gasteiger partial charge on any atom is 0.270 e. The number of nitrogens with one attached hydrogen (secondary N) is 2. The summed E-state index contributed by atoms with van der Waals surface area (Å²) in [4.78, 5) is 16.5. The number of hydrogen-bond donors (Lipinski definition) is 2. The number of aromatic nitrogens is 1. The van der Waals surface area contributed by atoms with Gasteiger partial charge in [-0.15, -0.1) is 36.2 Å². The summed E-state index contributed by atoms with van der Waals surface area (Å²) in [7, 11) is 0. The molecule has 1 amide bonds. The van der Waals surface area contributed by atoms with Gasteiger partial charge in [0.2, 0.25) is 0 Å². The van der Waals surface area contributed by atoms with E-state index in [0.29, 0.717) is 22.3 Å². The number of benzene rings is 1. The number of carbonyl (C=O) groups is 1. The molecule has 0 radical (unpaired) electrons. The Morgan fingerprint density at radius 1 is 1.38 bits per heavy atom. The highest BCUT2D eigenvalue weighted by molar-refractivity contribution is 7.13. The van der Waals surface area contributed by atoms with Crippen molar-refractivity contribution in [2.24, 2.45) is 0 Å². The summed E-state index contributed by atoms with van der Waals surface area (Å²) >= 11 is 1.28. The third kappa shape index (κ3) is 4.89. The molecule has 4 nitrogen and oxygen atoms in total. The van der Waals surface area contributed by atoms with Gasteiger partial charge in [-0.1, -0.05) is 12.1 Å². The van der Waals surface area contributed by atoms with Crippen molar-refractivity contribution in [3.8, 4) is 10.6 Å². The van der Waals surface area contributed by atoms with E-state index in [9.17, 15) is 9.18 Å². The normalized spacial score (nSPS) is 19.8. The number of piperidine rings is 1. The van der Waals surface area contributed by atoms with Crippen LogP contribution in [0.15, 0.2) is 29.6 Å². The molecule has 3 rings (SSSR count). The Hall–Kier alpha value is -1.21. The number of hydrogen-bond acceptors (Lipinski definition) is 4. The van der Waals surface area contributed by atoms with E-state index in [-0.39, 0.29) is 42.6 Å². The molecule has 1 aliphatic heterocycles. The van der Waals surface area contributed by atoms with E-state index in [1.54, 1.807) is 23.6 Å². The van der Waals surface area contributed by atoms with Gasteiger partial charge in [-0.25, -0.2) is 9.37 Å². The predicted octanol–water partition coefficient (Wildman–Crippen LogP) is 3.66. The van der Waals surface area contributed by atoms with E-state index in [0.717, 1.165) is 19.4 Å². The molecule has 8 heteroatoms. The first-order valence-electron chi connectivity index (χ1n) is 7.38. The maximum atomic E-state index is 13.8. The Morgan fingerprint density at radius 3 is 2.83 bits per heavy atom. The standard InChI is InChI=1S/C16H18FN3OS.2ClH/c1-10-8-11(6-7-18-10)19-15(21)14-9-22-16(20-14)12-4-2-3-5-13(12)17;;/h2-5,9-11,18H,6-8H2,1H3,(H,19,21);2*1H. The first-order chi connectivity index (χ1) is 10.6. The largest absolute Gasteiger partial charge is 0.348 e. The lowest BCUT2D eigenvalue weighted by Gasteiger charge is -2.28. The molecule has 1 aliphatic rings. The van der Waals surface area contributed by atoms with Gasteiger partial charge in [-0.05, 0) is 38.4 Å². The monoisotopic (exact) mass is 391 g/mol. The van der Waals surface area contributed by atoms with Crippen LogP contribution in [0.3, 0.4) is 0 Å². The average Bonchev–Trinajstić information content (AvgIpc) is 2.97. The molecular formula is C16H20Cl2FN3OS. The molecule has 2 N–H and O–H groups in total. The van der Waals surface area contributed by atoms with Gasteiger partial charge in [-0.2, -0.15) is 0 Å². The fourth-order valence-corrected chi connectivity index (χ4v) is 3.49. The van der Waals surface area contributed by atoms with Crippen LogP contribution < -0.4 is 10.6 Å². The van der Waals surface area contributed by atoms with Crippen LogP contribution in [0.2, 0.25) is 0 Å². The molecule has 132 valence electrons. The number of rotatable bonds is 3. The minimum Gasteiger partial charge on any atom is -0.348 e. The SMILES string of the molecule is CC1CC(NC(=O)c2csc(-c3ccccc3F)n2)CCN1.Cl.Cl. The van der Waals surface area contributed by atoms with Gasteiger partial charge < -0.3 is 10.6 Å². The Bertz CT molecular complexity index is 683.